The van der Waals surface area contributed by atoms with Crippen LogP contribution in [0.3, 0.4) is 0 Å². The van der Waals surface area contributed by atoms with Gasteiger partial charge in [0.15, 0.2) is 0 Å². The molecule has 118 valence electrons. The molecular weight excluding hydrogens is 373 g/mol. The van der Waals surface area contributed by atoms with Gasteiger partial charge in [-0.05, 0) is 0 Å². The molecule has 2 rings (SSSR count). The van der Waals surface area contributed by atoms with E-state index in [0.717, 1.165) is 33.2 Å². The van der Waals surface area contributed by atoms with Gasteiger partial charge >= 0.3 is 127 Å². The zero-order valence-corrected chi connectivity index (χ0v) is 13.0. The van der Waals surface area contributed by atoms with E-state index in [0.29, 0.717) is 0 Å². The molecule has 0 aromatic heterocycles. The number of alkyl halides is 6. The quantitative estimate of drug-likeness (QED) is 0.543. The first kappa shape index (κ1) is 16.9. The van der Waals surface area contributed by atoms with Crippen molar-refractivity contribution in [1.82, 2.24) is 0 Å². The van der Waals surface area contributed by atoms with E-state index in [9.17, 15) is 26.3 Å². The molecule has 0 saturated heterocycles. The van der Waals surface area contributed by atoms with Gasteiger partial charge in [-0.3, -0.25) is 0 Å². The molecule has 0 unspecified atom stereocenters. The third-order valence-corrected chi connectivity index (χ3v) is 7.18. The van der Waals surface area contributed by atoms with Crippen LogP contribution in [0.1, 0.15) is 11.1 Å². The summed E-state index contributed by atoms with van der Waals surface area (Å²) in [5.41, 5.74) is -1.47. The van der Waals surface area contributed by atoms with E-state index in [1.165, 1.54) is 24.3 Å². The Bertz CT molecular complexity index is 568. The zero-order chi connectivity index (χ0) is 16.5. The van der Waals surface area contributed by atoms with Gasteiger partial charge in [0.1, 0.15) is 0 Å². The molecule has 0 aliphatic heterocycles. The fraction of sp³-hybridized carbons (Fsp3) is 0.200. The molecular formula is C15H11F6Se+. The van der Waals surface area contributed by atoms with E-state index in [1.54, 1.807) is 0 Å². The molecule has 22 heavy (non-hydrogen) atoms. The van der Waals surface area contributed by atoms with Crippen LogP contribution in [0.4, 0.5) is 26.3 Å². The maximum absolute atomic E-state index is 12.5. The fourth-order valence-electron chi connectivity index (χ4n) is 1.83. The molecule has 0 spiro atoms. The van der Waals surface area contributed by atoms with Gasteiger partial charge in [-0.1, -0.05) is 0 Å². The molecule has 2 aromatic carbocycles. The van der Waals surface area contributed by atoms with Crippen LogP contribution < -0.4 is 8.92 Å². The van der Waals surface area contributed by atoms with Gasteiger partial charge < -0.3 is 0 Å². The van der Waals surface area contributed by atoms with E-state index >= 15 is 0 Å². The van der Waals surface area contributed by atoms with E-state index in [2.05, 4.69) is 0 Å². The Labute approximate surface area is 127 Å². The summed E-state index contributed by atoms with van der Waals surface area (Å²) in [6.07, 6.45) is -8.79. The topological polar surface area (TPSA) is 0 Å². The van der Waals surface area contributed by atoms with Crippen molar-refractivity contribution in [3.63, 3.8) is 0 Å². The summed E-state index contributed by atoms with van der Waals surface area (Å²) in [5.74, 6) is 1.85. The predicted octanol–water partition coefficient (Wildman–Crippen LogP) is 3.96. The number of benzene rings is 2. The van der Waals surface area contributed by atoms with Crippen LogP contribution in [0.2, 0.25) is 5.82 Å². The van der Waals surface area contributed by atoms with Crippen LogP contribution in [0, 0.1) is 0 Å². The Morgan fingerprint density at radius 3 is 1.09 bits per heavy atom. The minimum absolute atomic E-state index is 0.729. The van der Waals surface area contributed by atoms with Gasteiger partial charge in [0, 0.05) is 0 Å². The van der Waals surface area contributed by atoms with Crippen LogP contribution in [-0.4, -0.2) is 13.9 Å². The first-order chi connectivity index (χ1) is 10.1. The Kier molecular flexibility index (Phi) is 4.59. The molecule has 0 aliphatic rings. The standard InChI is InChI=1S/C15H11F6Se/c1-22(12-6-2-10(3-7-12)14(16,17)18)13-8-4-11(5-9-13)15(19,20)21/h2-9H,1H3/q+1. The summed E-state index contributed by atoms with van der Waals surface area (Å²) in [6.45, 7) is 0. The number of hydrogen-bond donors (Lipinski definition) is 0. The SMILES string of the molecule is C[Se+](c1ccc(C(F)(F)F)cc1)c1ccc(C(F)(F)F)cc1. The second-order valence-electron chi connectivity index (χ2n) is 4.55. The molecule has 7 heteroatoms. The Balaban J connectivity index is 2.23. The Morgan fingerprint density at radius 2 is 0.864 bits per heavy atom. The molecule has 0 saturated carbocycles. The average molecular weight is 384 g/mol. The minimum atomic E-state index is -4.39. The summed E-state index contributed by atoms with van der Waals surface area (Å²) in [4.78, 5) is 0. The normalized spacial score (nSPS) is 12.7. The van der Waals surface area contributed by atoms with Gasteiger partial charge in [-0.2, -0.15) is 0 Å². The number of halogens is 6. The van der Waals surface area contributed by atoms with Crippen LogP contribution in [0.25, 0.3) is 0 Å². The van der Waals surface area contributed by atoms with Crippen molar-refractivity contribution >= 4 is 22.8 Å². The first-order valence-corrected chi connectivity index (χ1v) is 9.52. The first-order valence-electron chi connectivity index (χ1n) is 6.09. The van der Waals surface area contributed by atoms with Crippen molar-refractivity contribution in [2.24, 2.45) is 0 Å². The van der Waals surface area contributed by atoms with Crippen molar-refractivity contribution in [3.8, 4) is 0 Å². The molecule has 0 N–H and O–H groups in total. The van der Waals surface area contributed by atoms with Gasteiger partial charge in [-0.15, -0.1) is 0 Å². The predicted molar refractivity (Wildman–Crippen MR) is 73.8 cm³/mol. The monoisotopic (exact) mass is 385 g/mol. The van der Waals surface area contributed by atoms with Gasteiger partial charge in [0.05, 0.1) is 0 Å². The van der Waals surface area contributed by atoms with Crippen molar-refractivity contribution in [1.29, 1.82) is 0 Å². The van der Waals surface area contributed by atoms with Gasteiger partial charge in [0.2, 0.25) is 0 Å². The number of hydrogen-bond acceptors (Lipinski definition) is 0. The molecule has 0 atom stereocenters. The van der Waals surface area contributed by atoms with Crippen molar-refractivity contribution in [3.05, 3.63) is 59.7 Å². The molecule has 0 nitrogen and oxygen atoms in total. The van der Waals surface area contributed by atoms with E-state index in [1.807, 2.05) is 5.82 Å². The third kappa shape index (κ3) is 3.84. The molecule has 0 amide bonds. The molecule has 0 radical (unpaired) electrons. The summed E-state index contributed by atoms with van der Waals surface area (Å²) >= 11 is -1.65. The molecule has 2 aromatic rings. The molecule has 0 bridgehead atoms. The summed E-state index contributed by atoms with van der Waals surface area (Å²) in [5, 5.41) is 0. The van der Waals surface area contributed by atoms with Gasteiger partial charge in [-0.25, -0.2) is 0 Å². The molecule has 0 heterocycles. The van der Waals surface area contributed by atoms with Crippen LogP contribution >= 0.6 is 0 Å². The van der Waals surface area contributed by atoms with Crippen LogP contribution in [-0.2, 0) is 12.4 Å². The summed E-state index contributed by atoms with van der Waals surface area (Å²) < 4.78 is 76.5. The molecule has 0 fully saturated rings. The zero-order valence-electron chi connectivity index (χ0n) is 11.3. The third-order valence-electron chi connectivity index (χ3n) is 3.07. The Hall–Kier alpha value is -1.46. The summed E-state index contributed by atoms with van der Waals surface area (Å²) in [7, 11) is 0. The summed E-state index contributed by atoms with van der Waals surface area (Å²) in [6, 6.07) is 9.57. The van der Waals surface area contributed by atoms with E-state index < -0.39 is 37.4 Å². The number of rotatable bonds is 2. The van der Waals surface area contributed by atoms with Crippen LogP contribution in [0.15, 0.2) is 48.5 Å². The second kappa shape index (κ2) is 5.97. The second-order valence-corrected chi connectivity index (χ2v) is 8.67. The van der Waals surface area contributed by atoms with Crippen LogP contribution in [0.5, 0.6) is 0 Å². The van der Waals surface area contributed by atoms with Crippen molar-refractivity contribution < 1.29 is 26.3 Å². The average Bonchev–Trinajstić information content (AvgIpc) is 2.45. The molecule has 0 aliphatic carbocycles. The van der Waals surface area contributed by atoms with Crippen molar-refractivity contribution in [2.45, 2.75) is 18.2 Å². The van der Waals surface area contributed by atoms with E-state index in [-0.39, 0.29) is 0 Å². The maximum atomic E-state index is 12.5. The fourth-order valence-corrected chi connectivity index (χ4v) is 4.69. The Morgan fingerprint density at radius 1 is 0.591 bits per heavy atom. The van der Waals surface area contributed by atoms with E-state index in [4.69, 9.17) is 0 Å². The van der Waals surface area contributed by atoms with Crippen molar-refractivity contribution in [2.75, 3.05) is 0 Å². The van der Waals surface area contributed by atoms with Gasteiger partial charge in [0.25, 0.3) is 0 Å².